The molecule has 2 aromatic carbocycles. The number of hydrogen-bond donors (Lipinski definition) is 0. The second-order valence-corrected chi connectivity index (χ2v) is 11.3. The van der Waals surface area contributed by atoms with E-state index in [1.807, 2.05) is 26.0 Å². The molecule has 2 aromatic rings. The maximum absolute atomic E-state index is 13.8. The number of alkyl halides is 3. The van der Waals surface area contributed by atoms with Gasteiger partial charge in [-0.25, -0.2) is 0 Å². The fourth-order valence-electron chi connectivity index (χ4n) is 5.64. The summed E-state index contributed by atoms with van der Waals surface area (Å²) in [5.74, 6) is 6.00. The average molecular weight is 645 g/mol. The van der Waals surface area contributed by atoms with Crippen LogP contribution < -0.4 is 0 Å². The van der Waals surface area contributed by atoms with Crippen molar-refractivity contribution in [3.05, 3.63) is 70.3 Å². The molecule has 2 atom stereocenters. The Morgan fingerprint density at radius 2 is 1.77 bits per heavy atom. The highest BCUT2D eigenvalue weighted by molar-refractivity contribution is 5.96. The molecule has 2 unspecified atom stereocenters. The van der Waals surface area contributed by atoms with Crippen LogP contribution in [0.15, 0.2) is 42.5 Å². The van der Waals surface area contributed by atoms with Crippen LogP contribution in [0.2, 0.25) is 0 Å². The molecule has 238 valence electrons. The lowest BCUT2D eigenvalue weighted by molar-refractivity contribution is -0.138. The van der Waals surface area contributed by atoms with Gasteiger partial charge in [0.25, 0.3) is 5.91 Å². The molecular formula is C32H42Cl2F3N3O3. The SMILES string of the molecule is COCC1(C)COCCN1CC#CCN1CCN(C(=O)c2ccccc2C(F)(F)F)C(Cc2ccc(C)c(C)c2)C1.Cl.Cl. The van der Waals surface area contributed by atoms with Gasteiger partial charge in [-0.15, -0.1) is 24.8 Å². The number of ether oxygens (including phenoxy) is 2. The first-order chi connectivity index (χ1) is 19.5. The number of piperazine rings is 1. The quantitative estimate of drug-likeness (QED) is 0.385. The Morgan fingerprint density at radius 3 is 2.47 bits per heavy atom. The number of amides is 1. The molecule has 2 fully saturated rings. The number of halogens is 5. The minimum absolute atomic E-state index is 0. The van der Waals surface area contributed by atoms with Crippen molar-refractivity contribution < 1.29 is 27.4 Å². The zero-order valence-corrected chi connectivity index (χ0v) is 26.8. The van der Waals surface area contributed by atoms with Crippen LogP contribution in [0.25, 0.3) is 0 Å². The molecule has 6 nitrogen and oxygen atoms in total. The number of carbonyl (C=O) groups is 1. The molecule has 1 amide bonds. The topological polar surface area (TPSA) is 45.3 Å². The fourth-order valence-corrected chi connectivity index (χ4v) is 5.64. The minimum Gasteiger partial charge on any atom is -0.383 e. The Kier molecular flexibility index (Phi) is 13.8. The Labute approximate surface area is 265 Å². The van der Waals surface area contributed by atoms with Crippen molar-refractivity contribution >= 4 is 30.7 Å². The van der Waals surface area contributed by atoms with E-state index < -0.39 is 17.6 Å². The van der Waals surface area contributed by atoms with E-state index in [9.17, 15) is 18.0 Å². The van der Waals surface area contributed by atoms with E-state index in [0.717, 1.165) is 23.7 Å². The van der Waals surface area contributed by atoms with Gasteiger partial charge in [0.05, 0.1) is 49.6 Å². The largest absolute Gasteiger partial charge is 0.417 e. The van der Waals surface area contributed by atoms with Gasteiger partial charge in [0.1, 0.15) is 0 Å². The van der Waals surface area contributed by atoms with Crippen LogP contribution in [0.5, 0.6) is 0 Å². The van der Waals surface area contributed by atoms with Gasteiger partial charge in [-0.1, -0.05) is 42.2 Å². The molecule has 11 heteroatoms. The third-order valence-corrected chi connectivity index (χ3v) is 8.17. The maximum atomic E-state index is 13.8. The molecule has 2 aliphatic rings. The Bertz CT molecular complexity index is 1280. The monoisotopic (exact) mass is 643 g/mol. The summed E-state index contributed by atoms with van der Waals surface area (Å²) < 4.78 is 52.3. The van der Waals surface area contributed by atoms with Crippen LogP contribution in [-0.2, 0) is 22.1 Å². The van der Waals surface area contributed by atoms with Gasteiger partial charge >= 0.3 is 6.18 Å². The van der Waals surface area contributed by atoms with Crippen LogP contribution >= 0.6 is 24.8 Å². The van der Waals surface area contributed by atoms with Gasteiger partial charge in [0.2, 0.25) is 0 Å². The van der Waals surface area contributed by atoms with Crippen molar-refractivity contribution in [2.75, 3.05) is 66.2 Å². The van der Waals surface area contributed by atoms with Crippen LogP contribution in [0, 0.1) is 25.7 Å². The van der Waals surface area contributed by atoms with Gasteiger partial charge < -0.3 is 14.4 Å². The van der Waals surface area contributed by atoms with Crippen molar-refractivity contribution in [2.45, 2.75) is 44.9 Å². The first-order valence-electron chi connectivity index (χ1n) is 14.0. The summed E-state index contributed by atoms with van der Waals surface area (Å²) in [7, 11) is 1.68. The summed E-state index contributed by atoms with van der Waals surface area (Å²) >= 11 is 0. The maximum Gasteiger partial charge on any atom is 0.417 e. The molecule has 2 heterocycles. The van der Waals surface area contributed by atoms with Gasteiger partial charge in [-0.3, -0.25) is 14.6 Å². The Hall–Kier alpha value is -2.32. The number of morpholine rings is 1. The van der Waals surface area contributed by atoms with Gasteiger partial charge in [0, 0.05) is 39.3 Å². The molecular weight excluding hydrogens is 602 g/mol. The molecule has 43 heavy (non-hydrogen) atoms. The first-order valence-corrected chi connectivity index (χ1v) is 14.0. The van der Waals surface area contributed by atoms with Gasteiger partial charge in [0.15, 0.2) is 0 Å². The highest BCUT2D eigenvalue weighted by atomic mass is 35.5. The zero-order chi connectivity index (χ0) is 29.6. The summed E-state index contributed by atoms with van der Waals surface area (Å²) in [6.07, 6.45) is -4.05. The Balaban J connectivity index is 0.00000323. The highest BCUT2D eigenvalue weighted by Crippen LogP contribution is 2.33. The van der Waals surface area contributed by atoms with Gasteiger partial charge in [-0.05, 0) is 56.0 Å². The van der Waals surface area contributed by atoms with Crippen LogP contribution in [0.3, 0.4) is 0 Å². The lowest BCUT2D eigenvalue weighted by Crippen LogP contribution is -2.57. The fraction of sp³-hybridized carbons (Fsp3) is 0.531. The minimum atomic E-state index is -4.60. The molecule has 0 saturated carbocycles. The van der Waals surface area contributed by atoms with Crippen LogP contribution in [-0.4, -0.2) is 98.4 Å². The number of carbonyl (C=O) groups excluding carboxylic acids is 1. The zero-order valence-electron chi connectivity index (χ0n) is 25.2. The van der Waals surface area contributed by atoms with Crippen molar-refractivity contribution in [2.24, 2.45) is 0 Å². The number of hydrogen-bond acceptors (Lipinski definition) is 5. The van der Waals surface area contributed by atoms with E-state index in [2.05, 4.69) is 34.6 Å². The lowest BCUT2D eigenvalue weighted by Gasteiger charge is -2.43. The standard InChI is InChI=1S/C32H40F3N3O3.2ClH/c1-24-11-12-26(19-25(24)2)20-27-21-36(13-7-8-14-37-17-18-41-23-31(37,3)22-40-4)15-16-38(27)30(39)28-9-5-6-10-29(28)32(33,34)35;;/h5-6,9-12,19,27H,13-18,20-23H2,1-4H3;2*1H. The van der Waals surface area contributed by atoms with Crippen molar-refractivity contribution in [1.29, 1.82) is 0 Å². The highest BCUT2D eigenvalue weighted by Gasteiger charge is 2.38. The molecule has 2 saturated heterocycles. The van der Waals surface area contributed by atoms with Crippen molar-refractivity contribution in [1.82, 2.24) is 14.7 Å². The summed E-state index contributed by atoms with van der Waals surface area (Å²) in [5, 5.41) is 0. The third kappa shape index (κ3) is 9.34. The summed E-state index contributed by atoms with van der Waals surface area (Å²) in [4.78, 5) is 19.7. The van der Waals surface area contributed by atoms with E-state index in [4.69, 9.17) is 9.47 Å². The summed E-state index contributed by atoms with van der Waals surface area (Å²) in [5.41, 5.74) is 1.94. The second kappa shape index (κ2) is 16.1. The predicted molar refractivity (Wildman–Crippen MR) is 167 cm³/mol. The van der Waals surface area contributed by atoms with E-state index in [0.29, 0.717) is 59.0 Å². The number of aryl methyl sites for hydroxylation is 2. The van der Waals surface area contributed by atoms with E-state index >= 15 is 0 Å². The van der Waals surface area contributed by atoms with E-state index in [-0.39, 0.29) is 42.0 Å². The van der Waals surface area contributed by atoms with Crippen LogP contribution in [0.4, 0.5) is 13.2 Å². The number of rotatable bonds is 7. The van der Waals surface area contributed by atoms with E-state index in [1.54, 1.807) is 12.0 Å². The predicted octanol–water partition coefficient (Wildman–Crippen LogP) is 5.28. The molecule has 0 N–H and O–H groups in total. The molecule has 0 radical (unpaired) electrons. The molecule has 0 spiro atoms. The second-order valence-electron chi connectivity index (χ2n) is 11.3. The number of methoxy groups -OCH3 is 1. The third-order valence-electron chi connectivity index (χ3n) is 8.17. The van der Waals surface area contributed by atoms with Crippen LogP contribution in [0.1, 0.15) is 39.5 Å². The first kappa shape index (κ1) is 36.9. The molecule has 4 rings (SSSR count). The lowest BCUT2D eigenvalue weighted by atomic mass is 9.97. The van der Waals surface area contributed by atoms with E-state index in [1.165, 1.54) is 23.8 Å². The molecule has 2 aliphatic heterocycles. The van der Waals surface area contributed by atoms with Crippen molar-refractivity contribution in [3.8, 4) is 11.8 Å². The average Bonchev–Trinajstić information content (AvgIpc) is 2.93. The summed E-state index contributed by atoms with van der Waals surface area (Å²) in [6.45, 7) is 11.3. The molecule has 0 aromatic heterocycles. The summed E-state index contributed by atoms with van der Waals surface area (Å²) in [6, 6.07) is 10.9. The normalized spacial score (nSPS) is 21.3. The van der Waals surface area contributed by atoms with Gasteiger partial charge in [-0.2, -0.15) is 13.2 Å². The van der Waals surface area contributed by atoms with Crippen molar-refractivity contribution in [3.63, 3.8) is 0 Å². The number of nitrogens with zero attached hydrogens (tertiary/aromatic N) is 3. The molecule has 0 bridgehead atoms. The Morgan fingerprint density at radius 1 is 1.05 bits per heavy atom. The smallest absolute Gasteiger partial charge is 0.383 e. The number of benzene rings is 2. The molecule has 0 aliphatic carbocycles.